The Morgan fingerprint density at radius 3 is 2.67 bits per heavy atom. The zero-order chi connectivity index (χ0) is 15.2. The molecule has 2 rings (SSSR count). The summed E-state index contributed by atoms with van der Waals surface area (Å²) in [5, 5.41) is 8.83. The summed E-state index contributed by atoms with van der Waals surface area (Å²) in [4.78, 5) is 13.3. The van der Waals surface area contributed by atoms with E-state index in [1.807, 2.05) is 0 Å². The van der Waals surface area contributed by atoms with Gasteiger partial charge in [-0.25, -0.2) is 4.79 Å². The number of aromatic carboxylic acids is 1. The number of carbonyl (C=O) groups is 1. The van der Waals surface area contributed by atoms with E-state index in [-0.39, 0.29) is 0 Å². The molecule has 0 bridgehead atoms. The van der Waals surface area contributed by atoms with Gasteiger partial charge in [-0.3, -0.25) is 0 Å². The van der Waals surface area contributed by atoms with Crippen LogP contribution in [0.25, 0.3) is 0 Å². The first-order valence-corrected chi connectivity index (χ1v) is 7.76. The fourth-order valence-electron chi connectivity index (χ4n) is 2.84. The zero-order valence-corrected chi connectivity index (χ0v) is 12.9. The second-order valence-electron chi connectivity index (χ2n) is 6.06. The Kier molecular flexibility index (Phi) is 5.62. The molecule has 1 aliphatic rings. The molecule has 2 unspecified atom stereocenters. The van der Waals surface area contributed by atoms with Crippen LogP contribution in [-0.4, -0.2) is 41.7 Å². The molecule has 4 nitrogen and oxygen atoms in total. The number of ether oxygens (including phenoxy) is 1. The van der Waals surface area contributed by atoms with E-state index in [1.165, 1.54) is 19.4 Å². The second kappa shape index (κ2) is 7.46. The SMILES string of the molecule is CC1CCC(C)N(CCCOc2ccc(C(=O)O)cc2)C1. The topological polar surface area (TPSA) is 49.8 Å². The molecule has 1 saturated heterocycles. The van der Waals surface area contributed by atoms with Crippen molar-refractivity contribution in [3.8, 4) is 5.75 Å². The molecule has 0 aliphatic carbocycles. The fraction of sp³-hybridized carbons (Fsp3) is 0.588. The summed E-state index contributed by atoms with van der Waals surface area (Å²) in [7, 11) is 0. The molecule has 1 fully saturated rings. The van der Waals surface area contributed by atoms with Gasteiger partial charge in [0.05, 0.1) is 12.2 Å². The van der Waals surface area contributed by atoms with E-state index in [1.54, 1.807) is 24.3 Å². The summed E-state index contributed by atoms with van der Waals surface area (Å²) in [6, 6.07) is 7.26. The number of carboxylic acids is 1. The summed E-state index contributed by atoms with van der Waals surface area (Å²) in [6.07, 6.45) is 3.63. The molecule has 1 aliphatic heterocycles. The number of carboxylic acid groups (broad SMARTS) is 1. The number of likely N-dealkylation sites (tertiary alicyclic amines) is 1. The number of piperidine rings is 1. The van der Waals surface area contributed by atoms with Gasteiger partial charge in [-0.1, -0.05) is 6.92 Å². The predicted octanol–water partition coefficient (Wildman–Crippen LogP) is 3.27. The van der Waals surface area contributed by atoms with Crippen molar-refractivity contribution in [2.45, 2.75) is 39.2 Å². The molecule has 0 saturated carbocycles. The van der Waals surface area contributed by atoms with Gasteiger partial charge in [0.1, 0.15) is 5.75 Å². The highest BCUT2D eigenvalue weighted by Crippen LogP contribution is 2.21. The third-order valence-electron chi connectivity index (χ3n) is 4.21. The number of nitrogens with zero attached hydrogens (tertiary/aromatic N) is 1. The second-order valence-corrected chi connectivity index (χ2v) is 6.06. The van der Waals surface area contributed by atoms with E-state index >= 15 is 0 Å². The van der Waals surface area contributed by atoms with Gasteiger partial charge in [0, 0.05) is 19.1 Å². The van der Waals surface area contributed by atoms with Crippen LogP contribution in [0.4, 0.5) is 0 Å². The number of rotatable bonds is 6. The Morgan fingerprint density at radius 2 is 2.00 bits per heavy atom. The van der Waals surface area contributed by atoms with E-state index in [4.69, 9.17) is 9.84 Å². The maximum atomic E-state index is 10.8. The standard InChI is InChI=1S/C17H25NO3/c1-13-4-5-14(2)18(12-13)10-3-11-21-16-8-6-15(7-9-16)17(19)20/h6-9,13-14H,3-5,10-12H2,1-2H3,(H,19,20). The Morgan fingerprint density at radius 1 is 1.29 bits per heavy atom. The first-order chi connectivity index (χ1) is 10.1. The summed E-state index contributed by atoms with van der Waals surface area (Å²) in [5.41, 5.74) is 0.290. The zero-order valence-electron chi connectivity index (χ0n) is 12.9. The van der Waals surface area contributed by atoms with Crippen LogP contribution in [-0.2, 0) is 0 Å². The van der Waals surface area contributed by atoms with Gasteiger partial charge in [0.15, 0.2) is 0 Å². The van der Waals surface area contributed by atoms with Crippen LogP contribution in [0.5, 0.6) is 5.75 Å². The van der Waals surface area contributed by atoms with Crippen LogP contribution in [0.3, 0.4) is 0 Å². The Bertz CT molecular complexity index is 458. The van der Waals surface area contributed by atoms with E-state index in [0.29, 0.717) is 18.2 Å². The summed E-state index contributed by atoms with van der Waals surface area (Å²) in [6.45, 7) is 7.55. The van der Waals surface area contributed by atoms with Crippen molar-refractivity contribution in [3.05, 3.63) is 29.8 Å². The molecule has 0 spiro atoms. The number of hydrogen-bond acceptors (Lipinski definition) is 3. The van der Waals surface area contributed by atoms with Crippen LogP contribution in [0.2, 0.25) is 0 Å². The predicted molar refractivity (Wildman–Crippen MR) is 82.9 cm³/mol. The molecular weight excluding hydrogens is 266 g/mol. The average molecular weight is 291 g/mol. The lowest BCUT2D eigenvalue weighted by atomic mass is 9.95. The van der Waals surface area contributed by atoms with Crippen LogP contribution in [0.1, 0.15) is 43.5 Å². The van der Waals surface area contributed by atoms with Crippen LogP contribution in [0, 0.1) is 5.92 Å². The minimum absolute atomic E-state index is 0.290. The van der Waals surface area contributed by atoms with Crippen molar-refractivity contribution in [3.63, 3.8) is 0 Å². The van der Waals surface area contributed by atoms with Gasteiger partial charge in [-0.05, 0) is 56.4 Å². The smallest absolute Gasteiger partial charge is 0.335 e. The minimum Gasteiger partial charge on any atom is -0.494 e. The Hall–Kier alpha value is -1.55. The molecule has 0 aromatic heterocycles. The maximum Gasteiger partial charge on any atom is 0.335 e. The van der Waals surface area contributed by atoms with Crippen molar-refractivity contribution in [1.82, 2.24) is 4.90 Å². The highest BCUT2D eigenvalue weighted by Gasteiger charge is 2.21. The molecule has 0 radical (unpaired) electrons. The lowest BCUT2D eigenvalue weighted by Gasteiger charge is -2.36. The largest absolute Gasteiger partial charge is 0.494 e. The van der Waals surface area contributed by atoms with Crippen LogP contribution < -0.4 is 4.74 Å². The van der Waals surface area contributed by atoms with E-state index in [0.717, 1.165) is 24.6 Å². The van der Waals surface area contributed by atoms with Crippen LogP contribution >= 0.6 is 0 Å². The number of benzene rings is 1. The molecule has 4 heteroatoms. The van der Waals surface area contributed by atoms with Crippen molar-refractivity contribution in [1.29, 1.82) is 0 Å². The molecule has 1 aromatic rings. The third-order valence-corrected chi connectivity index (χ3v) is 4.21. The van der Waals surface area contributed by atoms with Gasteiger partial charge >= 0.3 is 5.97 Å². The molecular formula is C17H25NO3. The van der Waals surface area contributed by atoms with Gasteiger partial charge in [-0.2, -0.15) is 0 Å². The highest BCUT2D eigenvalue weighted by molar-refractivity contribution is 5.87. The average Bonchev–Trinajstić information content (AvgIpc) is 2.47. The lowest BCUT2D eigenvalue weighted by molar-refractivity contribution is 0.0697. The van der Waals surface area contributed by atoms with Crippen LogP contribution in [0.15, 0.2) is 24.3 Å². The first kappa shape index (κ1) is 15.8. The van der Waals surface area contributed by atoms with E-state index < -0.39 is 5.97 Å². The summed E-state index contributed by atoms with van der Waals surface area (Å²) in [5.74, 6) is 0.625. The third kappa shape index (κ3) is 4.74. The minimum atomic E-state index is -0.908. The fourth-order valence-corrected chi connectivity index (χ4v) is 2.84. The molecule has 1 heterocycles. The number of hydrogen-bond donors (Lipinski definition) is 1. The first-order valence-electron chi connectivity index (χ1n) is 7.76. The normalized spacial score (nSPS) is 23.0. The van der Waals surface area contributed by atoms with Crippen molar-refractivity contribution < 1.29 is 14.6 Å². The highest BCUT2D eigenvalue weighted by atomic mass is 16.5. The lowest BCUT2D eigenvalue weighted by Crippen LogP contribution is -2.41. The molecule has 1 aromatic carbocycles. The van der Waals surface area contributed by atoms with Crippen molar-refractivity contribution in [2.75, 3.05) is 19.7 Å². The van der Waals surface area contributed by atoms with Crippen molar-refractivity contribution in [2.24, 2.45) is 5.92 Å². The molecule has 0 amide bonds. The summed E-state index contributed by atoms with van der Waals surface area (Å²) < 4.78 is 5.67. The van der Waals surface area contributed by atoms with E-state index in [2.05, 4.69) is 18.7 Å². The van der Waals surface area contributed by atoms with E-state index in [9.17, 15) is 4.79 Å². The quantitative estimate of drug-likeness (QED) is 0.817. The Balaban J connectivity index is 1.70. The van der Waals surface area contributed by atoms with Crippen molar-refractivity contribution >= 4 is 5.97 Å². The Labute approximate surface area is 126 Å². The van der Waals surface area contributed by atoms with Gasteiger partial charge in [-0.15, -0.1) is 0 Å². The van der Waals surface area contributed by atoms with Gasteiger partial charge in [0.2, 0.25) is 0 Å². The van der Waals surface area contributed by atoms with Gasteiger partial charge < -0.3 is 14.7 Å². The summed E-state index contributed by atoms with van der Waals surface area (Å²) >= 11 is 0. The molecule has 116 valence electrons. The van der Waals surface area contributed by atoms with Gasteiger partial charge in [0.25, 0.3) is 0 Å². The molecule has 21 heavy (non-hydrogen) atoms. The molecule has 2 atom stereocenters. The maximum absolute atomic E-state index is 10.8. The monoisotopic (exact) mass is 291 g/mol. The molecule has 1 N–H and O–H groups in total.